The number of benzene rings is 1. The number of nitrogens with one attached hydrogen (secondary N) is 2. The maximum atomic E-state index is 13.5. The van der Waals surface area contributed by atoms with Gasteiger partial charge in [0.05, 0.1) is 6.54 Å². The fourth-order valence-corrected chi connectivity index (χ4v) is 2.11. The van der Waals surface area contributed by atoms with Crippen LogP contribution in [0.5, 0.6) is 5.75 Å². The molecule has 24 heavy (non-hydrogen) atoms. The topological polar surface area (TPSA) is 80.5 Å². The number of pyridine rings is 1. The Bertz CT molecular complexity index is 851. The highest BCUT2D eigenvalue weighted by molar-refractivity contribution is 5.87. The molecule has 1 atom stereocenters. The zero-order valence-corrected chi connectivity index (χ0v) is 12.9. The molecule has 0 radical (unpaired) electrons. The summed E-state index contributed by atoms with van der Waals surface area (Å²) < 4.78 is 20.6. The minimum Gasteiger partial charge on any atom is -0.486 e. The number of fused-ring (bicyclic) bond motifs is 1. The standard InChI is InChI=1S/C16H16FN5O2/c1-11(24-13-7-3-2-6-12(13)17)10-18-16(23)19-15-21-20-14-8-4-5-9-22(14)15/h2-9,11H,10H2,1H3,(H2,18,19,21,23)/t11-/m0/s1. The Kier molecular flexibility index (Phi) is 4.55. The Labute approximate surface area is 137 Å². The van der Waals surface area contributed by atoms with E-state index in [2.05, 4.69) is 20.8 Å². The molecular formula is C16H16FN5O2. The lowest BCUT2D eigenvalue weighted by Crippen LogP contribution is -2.36. The third-order valence-electron chi connectivity index (χ3n) is 3.25. The van der Waals surface area contributed by atoms with E-state index in [1.165, 1.54) is 12.1 Å². The van der Waals surface area contributed by atoms with Gasteiger partial charge in [-0.25, -0.2) is 9.18 Å². The summed E-state index contributed by atoms with van der Waals surface area (Å²) in [5, 5.41) is 13.1. The van der Waals surface area contributed by atoms with Gasteiger partial charge in [-0.05, 0) is 31.2 Å². The Hall–Kier alpha value is -3.16. The number of carbonyl (C=O) groups is 1. The van der Waals surface area contributed by atoms with Gasteiger partial charge in [-0.2, -0.15) is 0 Å². The van der Waals surface area contributed by atoms with E-state index in [4.69, 9.17) is 4.74 Å². The van der Waals surface area contributed by atoms with Crippen molar-refractivity contribution in [2.45, 2.75) is 13.0 Å². The fourth-order valence-electron chi connectivity index (χ4n) is 2.11. The number of amides is 2. The van der Waals surface area contributed by atoms with E-state index >= 15 is 0 Å². The Morgan fingerprint density at radius 1 is 1.25 bits per heavy atom. The summed E-state index contributed by atoms with van der Waals surface area (Å²) >= 11 is 0. The summed E-state index contributed by atoms with van der Waals surface area (Å²) in [6.07, 6.45) is 1.34. The van der Waals surface area contributed by atoms with Gasteiger partial charge in [0.2, 0.25) is 5.95 Å². The highest BCUT2D eigenvalue weighted by Crippen LogP contribution is 2.16. The zero-order chi connectivity index (χ0) is 16.9. The predicted molar refractivity (Wildman–Crippen MR) is 86.5 cm³/mol. The number of aromatic nitrogens is 3. The molecule has 0 aliphatic heterocycles. The number of anilines is 1. The molecule has 2 heterocycles. The van der Waals surface area contributed by atoms with Crippen molar-refractivity contribution in [3.63, 3.8) is 0 Å². The van der Waals surface area contributed by atoms with Crippen LogP contribution in [-0.4, -0.2) is 33.3 Å². The molecule has 0 aliphatic carbocycles. The Morgan fingerprint density at radius 3 is 2.88 bits per heavy atom. The summed E-state index contributed by atoms with van der Waals surface area (Å²) in [7, 11) is 0. The van der Waals surface area contributed by atoms with Crippen LogP contribution in [0.1, 0.15) is 6.92 Å². The van der Waals surface area contributed by atoms with Gasteiger partial charge in [0, 0.05) is 6.20 Å². The smallest absolute Gasteiger partial charge is 0.321 e. The SMILES string of the molecule is C[C@@H](CNC(=O)Nc1nnc2ccccn12)Oc1ccccc1F. The molecule has 0 saturated heterocycles. The van der Waals surface area contributed by atoms with E-state index in [1.54, 1.807) is 35.7 Å². The number of rotatable bonds is 5. The molecule has 124 valence electrons. The number of urea groups is 1. The molecule has 0 bridgehead atoms. The number of carbonyl (C=O) groups excluding carboxylic acids is 1. The van der Waals surface area contributed by atoms with Crippen LogP contribution in [0.15, 0.2) is 48.7 Å². The van der Waals surface area contributed by atoms with Crippen LogP contribution in [0.25, 0.3) is 5.65 Å². The van der Waals surface area contributed by atoms with Crippen molar-refractivity contribution in [2.24, 2.45) is 0 Å². The Balaban J connectivity index is 1.53. The minimum absolute atomic E-state index is 0.149. The van der Waals surface area contributed by atoms with Gasteiger partial charge in [0.25, 0.3) is 0 Å². The van der Waals surface area contributed by atoms with Crippen LogP contribution < -0.4 is 15.4 Å². The lowest BCUT2D eigenvalue weighted by Gasteiger charge is -2.15. The quantitative estimate of drug-likeness (QED) is 0.753. The van der Waals surface area contributed by atoms with E-state index < -0.39 is 18.0 Å². The number of ether oxygens (including phenoxy) is 1. The third kappa shape index (κ3) is 3.60. The number of nitrogens with zero attached hydrogens (tertiary/aromatic N) is 3. The van der Waals surface area contributed by atoms with Crippen molar-refractivity contribution >= 4 is 17.6 Å². The van der Waals surface area contributed by atoms with Crippen LogP contribution in [0.3, 0.4) is 0 Å². The molecule has 0 fully saturated rings. The fraction of sp³-hybridized carbons (Fsp3) is 0.188. The van der Waals surface area contributed by atoms with Gasteiger partial charge in [-0.15, -0.1) is 10.2 Å². The van der Waals surface area contributed by atoms with Crippen molar-refractivity contribution in [1.82, 2.24) is 19.9 Å². The largest absolute Gasteiger partial charge is 0.486 e. The molecular weight excluding hydrogens is 313 g/mol. The van der Waals surface area contributed by atoms with Gasteiger partial charge in [0.1, 0.15) is 6.10 Å². The molecule has 0 saturated carbocycles. The average molecular weight is 329 g/mol. The minimum atomic E-state index is -0.447. The van der Waals surface area contributed by atoms with E-state index in [9.17, 15) is 9.18 Å². The second-order valence-electron chi connectivity index (χ2n) is 5.15. The van der Waals surface area contributed by atoms with Gasteiger partial charge < -0.3 is 10.1 Å². The van der Waals surface area contributed by atoms with Crippen molar-refractivity contribution in [2.75, 3.05) is 11.9 Å². The molecule has 3 aromatic rings. The van der Waals surface area contributed by atoms with Crippen molar-refractivity contribution < 1.29 is 13.9 Å². The monoisotopic (exact) mass is 329 g/mol. The summed E-state index contributed by atoms with van der Waals surface area (Å²) in [5.41, 5.74) is 0.629. The van der Waals surface area contributed by atoms with Gasteiger partial charge >= 0.3 is 6.03 Å². The number of halogens is 1. The van der Waals surface area contributed by atoms with Crippen LogP contribution in [0.2, 0.25) is 0 Å². The molecule has 3 rings (SSSR count). The molecule has 0 aliphatic rings. The Morgan fingerprint density at radius 2 is 2.04 bits per heavy atom. The molecule has 2 N–H and O–H groups in total. The maximum Gasteiger partial charge on any atom is 0.321 e. The third-order valence-corrected chi connectivity index (χ3v) is 3.25. The van der Waals surface area contributed by atoms with E-state index in [0.29, 0.717) is 11.6 Å². The first-order valence-corrected chi connectivity index (χ1v) is 7.39. The molecule has 2 amide bonds. The zero-order valence-electron chi connectivity index (χ0n) is 12.9. The summed E-state index contributed by atoms with van der Waals surface area (Å²) in [6, 6.07) is 11.1. The highest BCUT2D eigenvalue weighted by atomic mass is 19.1. The normalized spacial score (nSPS) is 11.9. The van der Waals surface area contributed by atoms with E-state index in [-0.39, 0.29) is 12.3 Å². The van der Waals surface area contributed by atoms with Crippen LogP contribution in [0, 0.1) is 5.82 Å². The summed E-state index contributed by atoms with van der Waals surface area (Å²) in [5.74, 6) is 0.0187. The molecule has 0 spiro atoms. The van der Waals surface area contributed by atoms with Gasteiger partial charge in [0.15, 0.2) is 17.2 Å². The number of hydrogen-bond acceptors (Lipinski definition) is 4. The average Bonchev–Trinajstić information content (AvgIpc) is 2.98. The first-order valence-electron chi connectivity index (χ1n) is 7.39. The lowest BCUT2D eigenvalue weighted by molar-refractivity contribution is 0.205. The van der Waals surface area contributed by atoms with Crippen LogP contribution >= 0.6 is 0 Å². The molecule has 1 aromatic carbocycles. The molecule has 0 unspecified atom stereocenters. The van der Waals surface area contributed by atoms with Gasteiger partial charge in [-0.1, -0.05) is 18.2 Å². The predicted octanol–water partition coefficient (Wildman–Crippen LogP) is 2.46. The first kappa shape index (κ1) is 15.7. The first-order chi connectivity index (χ1) is 11.6. The summed E-state index contributed by atoms with van der Waals surface area (Å²) in [4.78, 5) is 11.9. The van der Waals surface area contributed by atoms with Crippen molar-refractivity contribution in [1.29, 1.82) is 0 Å². The second kappa shape index (κ2) is 6.95. The summed E-state index contributed by atoms with van der Waals surface area (Å²) in [6.45, 7) is 1.94. The van der Waals surface area contributed by atoms with Crippen LogP contribution in [0.4, 0.5) is 15.1 Å². The lowest BCUT2D eigenvalue weighted by atomic mass is 10.3. The van der Waals surface area contributed by atoms with E-state index in [1.807, 2.05) is 12.1 Å². The second-order valence-corrected chi connectivity index (χ2v) is 5.15. The maximum absolute atomic E-state index is 13.5. The number of para-hydroxylation sites is 1. The highest BCUT2D eigenvalue weighted by Gasteiger charge is 2.12. The van der Waals surface area contributed by atoms with Crippen molar-refractivity contribution in [3.05, 3.63) is 54.5 Å². The molecule has 7 nitrogen and oxygen atoms in total. The van der Waals surface area contributed by atoms with Crippen LogP contribution in [-0.2, 0) is 0 Å². The number of hydrogen-bond donors (Lipinski definition) is 2. The molecule has 8 heteroatoms. The molecule has 2 aromatic heterocycles. The van der Waals surface area contributed by atoms with Crippen molar-refractivity contribution in [3.8, 4) is 5.75 Å². The van der Waals surface area contributed by atoms with E-state index in [0.717, 1.165) is 0 Å². The van der Waals surface area contributed by atoms with Gasteiger partial charge in [-0.3, -0.25) is 9.72 Å².